The normalized spacial score (nSPS) is 29.3. The van der Waals surface area contributed by atoms with Crippen molar-refractivity contribution in [2.24, 2.45) is 17.8 Å². The molecule has 2 heterocycles. The minimum absolute atomic E-state index is 0.0107. The summed E-state index contributed by atoms with van der Waals surface area (Å²) in [5, 5.41) is 6.10. The largest absolute Gasteiger partial charge is 0.376 e. The summed E-state index contributed by atoms with van der Waals surface area (Å²) in [6.07, 6.45) is 6.02. The van der Waals surface area contributed by atoms with Crippen LogP contribution in [0.1, 0.15) is 43.0 Å². The second kappa shape index (κ2) is 8.07. The first-order valence-electron chi connectivity index (χ1n) is 10.4. The third kappa shape index (κ3) is 4.14. The Morgan fingerprint density at radius 3 is 2.68 bits per heavy atom. The Morgan fingerprint density at radius 2 is 2.00 bits per heavy atom. The molecule has 7 nitrogen and oxygen atoms in total. The molecule has 2 saturated carbocycles. The van der Waals surface area contributed by atoms with Crippen molar-refractivity contribution in [2.75, 3.05) is 32.1 Å². The average molecular weight is 386 g/mol. The van der Waals surface area contributed by atoms with Gasteiger partial charge in [0.2, 0.25) is 5.91 Å². The highest BCUT2D eigenvalue weighted by Gasteiger charge is 2.44. The van der Waals surface area contributed by atoms with E-state index in [1.165, 1.54) is 12.8 Å². The van der Waals surface area contributed by atoms with Crippen molar-refractivity contribution >= 4 is 17.6 Å². The molecule has 1 aromatic heterocycles. The molecule has 0 bridgehead atoms. The fourth-order valence-corrected chi connectivity index (χ4v) is 4.67. The maximum Gasteiger partial charge on any atom is 0.257 e. The number of nitrogens with one attached hydrogen (secondary N) is 2. The van der Waals surface area contributed by atoms with Crippen LogP contribution < -0.4 is 10.6 Å². The molecule has 2 amide bonds. The molecular formula is C21H30N4O3. The summed E-state index contributed by atoms with van der Waals surface area (Å²) in [6.45, 7) is 3.84. The molecule has 0 radical (unpaired) electrons. The molecule has 0 aromatic carbocycles. The van der Waals surface area contributed by atoms with Crippen molar-refractivity contribution < 1.29 is 14.3 Å². The molecule has 0 unspecified atom stereocenters. The third-order valence-electron chi connectivity index (χ3n) is 6.31. The minimum Gasteiger partial charge on any atom is -0.376 e. The van der Waals surface area contributed by atoms with Gasteiger partial charge in [0.1, 0.15) is 5.82 Å². The van der Waals surface area contributed by atoms with Crippen LogP contribution in [0.25, 0.3) is 0 Å². The molecule has 1 saturated heterocycles. The molecular weight excluding hydrogens is 356 g/mol. The van der Waals surface area contributed by atoms with Crippen molar-refractivity contribution in [1.29, 1.82) is 0 Å². The van der Waals surface area contributed by atoms with Gasteiger partial charge in [-0.2, -0.15) is 0 Å². The lowest BCUT2D eigenvalue weighted by molar-refractivity contribution is -0.122. The fraction of sp³-hybridized carbons (Fsp3) is 0.667. The van der Waals surface area contributed by atoms with Crippen LogP contribution in [0.3, 0.4) is 0 Å². The summed E-state index contributed by atoms with van der Waals surface area (Å²) in [5.41, 5.74) is 0.614. The monoisotopic (exact) mass is 386 g/mol. The molecule has 7 heteroatoms. The number of hydrogen-bond acceptors (Lipinski definition) is 5. The second-order valence-electron chi connectivity index (χ2n) is 8.47. The van der Waals surface area contributed by atoms with Crippen LogP contribution in [0, 0.1) is 17.8 Å². The number of rotatable bonds is 6. The standard InChI is InChI=1S/C21H30N4O3/c1-13(26)24-18-8-15-10-25(21(27)17-4-3-7-23-20(17)22-2)11-16(15)9-19(18)28-12-14-5-6-14/h3-4,7,14-16,18-19H,5-6,8-12H2,1-2H3,(H,22,23)(H,24,26)/t15-,16+,18-,19-/m1/s1. The van der Waals surface area contributed by atoms with Gasteiger partial charge in [0.05, 0.1) is 17.7 Å². The molecule has 28 heavy (non-hydrogen) atoms. The molecule has 3 aliphatic rings. The van der Waals surface area contributed by atoms with E-state index in [0.29, 0.717) is 29.1 Å². The Hall–Kier alpha value is -2.15. The highest BCUT2D eigenvalue weighted by molar-refractivity contribution is 5.98. The van der Waals surface area contributed by atoms with Gasteiger partial charge in [-0.25, -0.2) is 4.98 Å². The molecule has 1 aromatic rings. The zero-order chi connectivity index (χ0) is 19.7. The van der Waals surface area contributed by atoms with E-state index >= 15 is 0 Å². The fourth-order valence-electron chi connectivity index (χ4n) is 4.67. The number of ether oxygens (including phenoxy) is 1. The van der Waals surface area contributed by atoms with Crippen molar-refractivity contribution in [3.05, 3.63) is 23.9 Å². The van der Waals surface area contributed by atoms with Gasteiger partial charge in [-0.1, -0.05) is 0 Å². The van der Waals surface area contributed by atoms with E-state index in [1.807, 2.05) is 11.0 Å². The first kappa shape index (κ1) is 19.2. The lowest BCUT2D eigenvalue weighted by Gasteiger charge is -2.38. The summed E-state index contributed by atoms with van der Waals surface area (Å²) >= 11 is 0. The van der Waals surface area contributed by atoms with Gasteiger partial charge in [-0.05, 0) is 55.6 Å². The lowest BCUT2D eigenvalue weighted by Crippen LogP contribution is -2.50. The van der Waals surface area contributed by atoms with E-state index in [0.717, 1.165) is 32.5 Å². The van der Waals surface area contributed by atoms with Crippen molar-refractivity contribution in [2.45, 2.75) is 44.8 Å². The Bertz CT molecular complexity index is 736. The molecule has 2 aliphatic carbocycles. The molecule has 2 N–H and O–H groups in total. The molecule has 152 valence electrons. The first-order valence-corrected chi connectivity index (χ1v) is 10.4. The first-order chi connectivity index (χ1) is 13.5. The smallest absolute Gasteiger partial charge is 0.257 e. The zero-order valence-corrected chi connectivity index (χ0v) is 16.7. The number of pyridine rings is 1. The van der Waals surface area contributed by atoms with E-state index in [9.17, 15) is 9.59 Å². The van der Waals surface area contributed by atoms with E-state index in [4.69, 9.17) is 4.74 Å². The lowest BCUT2D eigenvalue weighted by atomic mass is 9.77. The van der Waals surface area contributed by atoms with Gasteiger partial charge in [-0.3, -0.25) is 9.59 Å². The number of likely N-dealkylation sites (tertiary alicyclic amines) is 1. The SMILES string of the molecule is CNc1ncccc1C(=O)N1C[C@H]2C[C@@H](NC(C)=O)[C@H](OCC3CC3)C[C@H]2C1. The Kier molecular flexibility index (Phi) is 5.53. The van der Waals surface area contributed by atoms with E-state index < -0.39 is 0 Å². The predicted molar refractivity (Wildman–Crippen MR) is 106 cm³/mol. The summed E-state index contributed by atoms with van der Waals surface area (Å²) in [5.74, 6) is 2.15. The van der Waals surface area contributed by atoms with E-state index in [1.54, 1.807) is 26.2 Å². The second-order valence-corrected chi connectivity index (χ2v) is 8.47. The third-order valence-corrected chi connectivity index (χ3v) is 6.31. The number of fused-ring (bicyclic) bond motifs is 1. The van der Waals surface area contributed by atoms with Crippen molar-refractivity contribution in [3.63, 3.8) is 0 Å². The van der Waals surface area contributed by atoms with Crippen LogP contribution in [0.15, 0.2) is 18.3 Å². The predicted octanol–water partition coefficient (Wildman–Crippen LogP) is 1.91. The maximum absolute atomic E-state index is 13.1. The molecule has 1 aliphatic heterocycles. The van der Waals surface area contributed by atoms with E-state index in [-0.39, 0.29) is 24.0 Å². The topological polar surface area (TPSA) is 83.6 Å². The molecule has 4 rings (SSSR count). The maximum atomic E-state index is 13.1. The van der Waals surface area contributed by atoms with Crippen molar-refractivity contribution in [1.82, 2.24) is 15.2 Å². The molecule has 3 fully saturated rings. The summed E-state index contributed by atoms with van der Waals surface area (Å²) in [7, 11) is 1.78. The Balaban J connectivity index is 1.44. The molecule has 0 spiro atoms. The van der Waals surface area contributed by atoms with Crippen LogP contribution in [-0.2, 0) is 9.53 Å². The van der Waals surface area contributed by atoms with Crippen LogP contribution >= 0.6 is 0 Å². The number of carbonyl (C=O) groups excluding carboxylic acids is 2. The van der Waals surface area contributed by atoms with Crippen molar-refractivity contribution in [3.8, 4) is 0 Å². The van der Waals surface area contributed by atoms with E-state index in [2.05, 4.69) is 15.6 Å². The number of hydrogen-bond donors (Lipinski definition) is 2. The Labute approximate surface area is 166 Å². The van der Waals surface area contributed by atoms with Gasteiger partial charge in [0.15, 0.2) is 0 Å². The number of anilines is 1. The van der Waals surface area contributed by atoms with Gasteiger partial charge < -0.3 is 20.3 Å². The quantitative estimate of drug-likeness (QED) is 0.780. The summed E-state index contributed by atoms with van der Waals surface area (Å²) in [4.78, 5) is 31.0. The molecule has 4 atom stereocenters. The van der Waals surface area contributed by atoms with Crippen LogP contribution in [-0.4, -0.2) is 60.6 Å². The Morgan fingerprint density at radius 1 is 1.25 bits per heavy atom. The summed E-state index contributed by atoms with van der Waals surface area (Å²) in [6, 6.07) is 3.66. The van der Waals surface area contributed by atoms with Gasteiger partial charge >= 0.3 is 0 Å². The van der Waals surface area contributed by atoms with Crippen LogP contribution in [0.5, 0.6) is 0 Å². The van der Waals surface area contributed by atoms with Crippen LogP contribution in [0.4, 0.5) is 5.82 Å². The number of carbonyl (C=O) groups is 2. The number of amides is 2. The zero-order valence-electron chi connectivity index (χ0n) is 16.7. The number of aromatic nitrogens is 1. The average Bonchev–Trinajstić information content (AvgIpc) is 3.43. The van der Waals surface area contributed by atoms with Gasteiger partial charge in [0, 0.05) is 39.9 Å². The minimum atomic E-state index is -0.0107. The van der Waals surface area contributed by atoms with Gasteiger partial charge in [-0.15, -0.1) is 0 Å². The van der Waals surface area contributed by atoms with Gasteiger partial charge in [0.25, 0.3) is 5.91 Å². The number of nitrogens with zero attached hydrogens (tertiary/aromatic N) is 2. The van der Waals surface area contributed by atoms with Crippen LogP contribution in [0.2, 0.25) is 0 Å². The highest BCUT2D eigenvalue weighted by Crippen LogP contribution is 2.39. The highest BCUT2D eigenvalue weighted by atomic mass is 16.5. The summed E-state index contributed by atoms with van der Waals surface area (Å²) < 4.78 is 6.21.